The van der Waals surface area contributed by atoms with Gasteiger partial charge in [-0.15, -0.1) is 23.7 Å². The fraction of sp³-hybridized carbons (Fsp3) is 0.389. The van der Waals surface area contributed by atoms with E-state index in [4.69, 9.17) is 15.2 Å². The molecule has 1 aromatic carbocycles. The van der Waals surface area contributed by atoms with Gasteiger partial charge in [-0.2, -0.15) is 0 Å². The number of thiophene rings is 1. The second kappa shape index (κ2) is 11.1. The van der Waals surface area contributed by atoms with E-state index < -0.39 is 0 Å². The van der Waals surface area contributed by atoms with Crippen molar-refractivity contribution in [3.05, 3.63) is 52.2 Å². The molecule has 2 N–H and O–H groups in total. The molecule has 0 aliphatic heterocycles. The lowest BCUT2D eigenvalue weighted by Crippen LogP contribution is -2.35. The van der Waals surface area contributed by atoms with Crippen LogP contribution in [0.25, 0.3) is 0 Å². The van der Waals surface area contributed by atoms with Crippen molar-refractivity contribution < 1.29 is 14.3 Å². The van der Waals surface area contributed by atoms with Crippen molar-refractivity contribution in [1.82, 2.24) is 4.90 Å². The highest BCUT2D eigenvalue weighted by Crippen LogP contribution is 2.22. The van der Waals surface area contributed by atoms with Crippen molar-refractivity contribution in [3.63, 3.8) is 0 Å². The number of carbonyl (C=O) groups excluding carboxylic acids is 1. The predicted octanol–water partition coefficient (Wildman–Crippen LogP) is 3.07. The molecule has 1 heterocycles. The summed E-state index contributed by atoms with van der Waals surface area (Å²) in [5.41, 5.74) is 6.63. The maximum Gasteiger partial charge on any atom is 0.225 e. The van der Waals surface area contributed by atoms with Gasteiger partial charge in [-0.05, 0) is 17.5 Å². The molecule has 0 saturated heterocycles. The van der Waals surface area contributed by atoms with Gasteiger partial charge in [0.1, 0.15) is 5.75 Å². The molecule has 2 aromatic rings. The second-order valence-electron chi connectivity index (χ2n) is 5.44. The van der Waals surface area contributed by atoms with Gasteiger partial charge >= 0.3 is 0 Å². The monoisotopic (exact) mass is 384 g/mol. The topological polar surface area (TPSA) is 64.8 Å². The van der Waals surface area contributed by atoms with Crippen molar-refractivity contribution in [1.29, 1.82) is 0 Å². The van der Waals surface area contributed by atoms with Gasteiger partial charge in [-0.3, -0.25) is 4.79 Å². The number of rotatable bonds is 9. The fourth-order valence-electron chi connectivity index (χ4n) is 2.45. The van der Waals surface area contributed by atoms with Crippen LogP contribution in [0.3, 0.4) is 0 Å². The summed E-state index contributed by atoms with van der Waals surface area (Å²) in [7, 11) is 3.22. The third-order valence-electron chi connectivity index (χ3n) is 3.83. The predicted molar refractivity (Wildman–Crippen MR) is 103 cm³/mol. The van der Waals surface area contributed by atoms with Crippen LogP contribution in [0, 0.1) is 0 Å². The maximum absolute atomic E-state index is 12.8. The summed E-state index contributed by atoms with van der Waals surface area (Å²) in [6.07, 6.45) is 0.00839. The summed E-state index contributed by atoms with van der Waals surface area (Å²) in [5.74, 6) is 0.801. The molecular formula is C18H25ClN2O3S. The van der Waals surface area contributed by atoms with E-state index in [1.807, 2.05) is 46.7 Å². The first-order valence-corrected chi connectivity index (χ1v) is 8.70. The number of nitrogens with two attached hydrogens (primary N) is 1. The SMILES string of the molecule is COc1ccccc1CN(Cc1cccs1)C(=O)CC(CN)OC.Cl. The van der Waals surface area contributed by atoms with E-state index in [9.17, 15) is 4.79 Å². The highest BCUT2D eigenvalue weighted by molar-refractivity contribution is 7.09. The zero-order chi connectivity index (χ0) is 17.4. The zero-order valence-electron chi connectivity index (χ0n) is 14.5. The number of methoxy groups -OCH3 is 2. The normalized spacial score (nSPS) is 11.5. The van der Waals surface area contributed by atoms with E-state index in [0.29, 0.717) is 19.6 Å². The number of nitrogens with zero attached hydrogens (tertiary/aromatic N) is 1. The van der Waals surface area contributed by atoms with Crippen LogP contribution in [0.4, 0.5) is 0 Å². The summed E-state index contributed by atoms with van der Waals surface area (Å²) in [6.45, 7) is 1.38. The smallest absolute Gasteiger partial charge is 0.225 e. The first-order valence-electron chi connectivity index (χ1n) is 7.82. The van der Waals surface area contributed by atoms with Crippen molar-refractivity contribution >= 4 is 29.7 Å². The molecule has 2 rings (SSSR count). The molecule has 0 aliphatic carbocycles. The largest absolute Gasteiger partial charge is 0.496 e. The molecule has 0 fully saturated rings. The minimum atomic E-state index is -0.263. The minimum absolute atomic E-state index is 0. The molecule has 138 valence electrons. The second-order valence-corrected chi connectivity index (χ2v) is 6.47. The first-order chi connectivity index (χ1) is 11.7. The first kappa shape index (κ1) is 21.4. The fourth-order valence-corrected chi connectivity index (χ4v) is 3.17. The minimum Gasteiger partial charge on any atom is -0.496 e. The summed E-state index contributed by atoms with van der Waals surface area (Å²) < 4.78 is 10.7. The van der Waals surface area contributed by atoms with E-state index >= 15 is 0 Å². The molecular weight excluding hydrogens is 360 g/mol. The highest BCUT2D eigenvalue weighted by Gasteiger charge is 2.20. The summed E-state index contributed by atoms with van der Waals surface area (Å²) in [5, 5.41) is 2.01. The molecule has 0 bridgehead atoms. The Kier molecular flexibility index (Phi) is 9.52. The molecule has 0 radical (unpaired) electrons. The van der Waals surface area contributed by atoms with Crippen LogP contribution in [0.1, 0.15) is 16.9 Å². The van der Waals surface area contributed by atoms with Gasteiger partial charge in [0.15, 0.2) is 0 Å². The number of amides is 1. The van der Waals surface area contributed by atoms with E-state index in [2.05, 4.69) is 0 Å². The van der Waals surface area contributed by atoms with Gasteiger partial charge in [-0.1, -0.05) is 24.3 Å². The Morgan fingerprint density at radius 2 is 1.96 bits per heavy atom. The Hall–Kier alpha value is -1.60. The lowest BCUT2D eigenvalue weighted by Gasteiger charge is -2.25. The average Bonchev–Trinajstić information content (AvgIpc) is 3.12. The van der Waals surface area contributed by atoms with E-state index in [1.165, 1.54) is 0 Å². The maximum atomic E-state index is 12.8. The van der Waals surface area contributed by atoms with Crippen LogP contribution in [0.2, 0.25) is 0 Å². The van der Waals surface area contributed by atoms with Crippen LogP contribution < -0.4 is 10.5 Å². The van der Waals surface area contributed by atoms with Crippen LogP contribution in [-0.2, 0) is 22.6 Å². The van der Waals surface area contributed by atoms with Crippen molar-refractivity contribution in [2.24, 2.45) is 5.73 Å². The van der Waals surface area contributed by atoms with E-state index in [1.54, 1.807) is 25.6 Å². The number of ether oxygens (including phenoxy) is 2. The van der Waals surface area contributed by atoms with Gasteiger partial charge in [0.2, 0.25) is 5.91 Å². The number of benzene rings is 1. The van der Waals surface area contributed by atoms with Crippen LogP contribution in [0.15, 0.2) is 41.8 Å². The lowest BCUT2D eigenvalue weighted by atomic mass is 10.1. The molecule has 5 nitrogen and oxygen atoms in total. The Labute approximate surface area is 159 Å². The molecule has 25 heavy (non-hydrogen) atoms. The standard InChI is InChI=1S/C18H24N2O3S.ClH/c1-22-15(11-19)10-18(21)20(13-16-7-5-9-24-16)12-14-6-3-4-8-17(14)23-2;/h3-9,15H,10-13,19H2,1-2H3;1H. The molecule has 1 unspecified atom stereocenters. The number of halogens is 1. The van der Waals surface area contributed by atoms with Crippen molar-refractivity contribution in [2.45, 2.75) is 25.6 Å². The highest BCUT2D eigenvalue weighted by atomic mass is 35.5. The van der Waals surface area contributed by atoms with Crippen molar-refractivity contribution in [2.75, 3.05) is 20.8 Å². The molecule has 1 amide bonds. The number of para-hydroxylation sites is 1. The zero-order valence-corrected chi connectivity index (χ0v) is 16.1. The lowest BCUT2D eigenvalue weighted by molar-refractivity contribution is -0.134. The van der Waals surface area contributed by atoms with Gasteiger partial charge in [0.25, 0.3) is 0 Å². The van der Waals surface area contributed by atoms with Crippen LogP contribution in [0.5, 0.6) is 5.75 Å². The summed E-state index contributed by atoms with van der Waals surface area (Å²) in [6, 6.07) is 11.8. The third-order valence-corrected chi connectivity index (χ3v) is 4.69. The van der Waals surface area contributed by atoms with Crippen molar-refractivity contribution in [3.8, 4) is 5.75 Å². The van der Waals surface area contributed by atoms with Gasteiger partial charge in [-0.25, -0.2) is 0 Å². The number of hydrogen-bond donors (Lipinski definition) is 1. The molecule has 1 atom stereocenters. The van der Waals surface area contributed by atoms with Crippen LogP contribution in [-0.4, -0.2) is 37.7 Å². The Morgan fingerprint density at radius 3 is 2.56 bits per heavy atom. The molecule has 7 heteroatoms. The van der Waals surface area contributed by atoms with E-state index in [-0.39, 0.29) is 30.8 Å². The quantitative estimate of drug-likeness (QED) is 0.721. The number of hydrogen-bond acceptors (Lipinski definition) is 5. The van der Waals surface area contributed by atoms with Gasteiger partial charge in [0.05, 0.1) is 26.2 Å². The van der Waals surface area contributed by atoms with Gasteiger partial charge in [0, 0.05) is 30.6 Å². The Bertz CT molecular complexity index is 633. The summed E-state index contributed by atoms with van der Waals surface area (Å²) in [4.78, 5) is 15.7. The Morgan fingerprint density at radius 1 is 1.20 bits per heavy atom. The van der Waals surface area contributed by atoms with Gasteiger partial charge < -0.3 is 20.1 Å². The van der Waals surface area contributed by atoms with E-state index in [0.717, 1.165) is 16.2 Å². The van der Waals surface area contributed by atoms with Crippen LogP contribution >= 0.6 is 23.7 Å². The third kappa shape index (κ3) is 6.32. The number of carbonyl (C=O) groups is 1. The molecule has 0 saturated carbocycles. The Balaban J connectivity index is 0.00000312. The average molecular weight is 385 g/mol. The molecule has 0 aliphatic rings. The molecule has 1 aromatic heterocycles. The summed E-state index contributed by atoms with van der Waals surface area (Å²) >= 11 is 1.64. The molecule has 0 spiro atoms.